The molecule has 3 N–H and O–H groups in total. The number of ether oxygens (including phenoxy) is 3. The number of methoxy groups -OCH3 is 1. The SMILES string of the molecule is COC(=O)C(COc1ccccc1N)NC(=O)OC(C)(C)C. The molecule has 0 spiro atoms. The van der Waals surface area contributed by atoms with Gasteiger partial charge in [-0.3, -0.25) is 0 Å². The first kappa shape index (κ1) is 17.6. The Morgan fingerprint density at radius 3 is 2.45 bits per heavy atom. The van der Waals surface area contributed by atoms with Crippen LogP contribution in [0.2, 0.25) is 0 Å². The van der Waals surface area contributed by atoms with E-state index in [2.05, 4.69) is 10.1 Å². The molecule has 0 bridgehead atoms. The van der Waals surface area contributed by atoms with E-state index < -0.39 is 23.7 Å². The Bertz CT molecular complexity index is 525. The molecule has 0 heterocycles. The van der Waals surface area contributed by atoms with Crippen LogP contribution in [0.4, 0.5) is 10.5 Å². The van der Waals surface area contributed by atoms with Crippen molar-refractivity contribution in [2.24, 2.45) is 0 Å². The molecule has 0 radical (unpaired) electrons. The molecule has 0 fully saturated rings. The van der Waals surface area contributed by atoms with Gasteiger partial charge in [0.05, 0.1) is 12.8 Å². The van der Waals surface area contributed by atoms with Crippen molar-refractivity contribution in [3.63, 3.8) is 0 Å². The van der Waals surface area contributed by atoms with Crippen molar-refractivity contribution in [1.29, 1.82) is 0 Å². The van der Waals surface area contributed by atoms with E-state index >= 15 is 0 Å². The highest BCUT2D eigenvalue weighted by Gasteiger charge is 2.25. The maximum absolute atomic E-state index is 11.7. The molecule has 1 amide bonds. The average molecular weight is 310 g/mol. The van der Waals surface area contributed by atoms with E-state index in [1.807, 2.05) is 0 Å². The Labute approximate surface area is 129 Å². The lowest BCUT2D eigenvalue weighted by Gasteiger charge is -2.22. The van der Waals surface area contributed by atoms with Gasteiger partial charge in [-0.05, 0) is 32.9 Å². The van der Waals surface area contributed by atoms with Crippen LogP contribution < -0.4 is 15.8 Å². The highest BCUT2D eigenvalue weighted by atomic mass is 16.6. The predicted octanol–water partition coefficient (Wildman–Crippen LogP) is 1.71. The second kappa shape index (κ2) is 7.53. The molecule has 22 heavy (non-hydrogen) atoms. The van der Waals surface area contributed by atoms with Gasteiger partial charge < -0.3 is 25.3 Å². The largest absolute Gasteiger partial charge is 0.489 e. The summed E-state index contributed by atoms with van der Waals surface area (Å²) in [5.74, 6) is -0.220. The van der Waals surface area contributed by atoms with Crippen LogP contribution in [0.5, 0.6) is 5.75 Å². The third-order valence-electron chi connectivity index (χ3n) is 2.50. The zero-order chi connectivity index (χ0) is 16.8. The summed E-state index contributed by atoms with van der Waals surface area (Å²) in [7, 11) is 1.23. The second-order valence-electron chi connectivity index (χ2n) is 5.57. The summed E-state index contributed by atoms with van der Waals surface area (Å²) < 4.78 is 15.2. The summed E-state index contributed by atoms with van der Waals surface area (Å²) in [6, 6.07) is 5.85. The lowest BCUT2D eigenvalue weighted by Crippen LogP contribution is -2.47. The predicted molar refractivity (Wildman–Crippen MR) is 81.5 cm³/mol. The second-order valence-corrected chi connectivity index (χ2v) is 5.57. The van der Waals surface area contributed by atoms with Gasteiger partial charge in [-0.1, -0.05) is 12.1 Å². The van der Waals surface area contributed by atoms with Gasteiger partial charge in [0.25, 0.3) is 0 Å². The van der Waals surface area contributed by atoms with Gasteiger partial charge in [0.2, 0.25) is 0 Å². The van der Waals surface area contributed by atoms with Crippen LogP contribution in [0.3, 0.4) is 0 Å². The minimum Gasteiger partial charge on any atom is -0.489 e. The van der Waals surface area contributed by atoms with Crippen LogP contribution in [0.1, 0.15) is 20.8 Å². The summed E-state index contributed by atoms with van der Waals surface area (Å²) in [5.41, 5.74) is 5.51. The lowest BCUT2D eigenvalue weighted by molar-refractivity contribution is -0.143. The van der Waals surface area contributed by atoms with Gasteiger partial charge in [-0.25, -0.2) is 9.59 Å². The summed E-state index contributed by atoms with van der Waals surface area (Å²) in [4.78, 5) is 23.5. The van der Waals surface area contributed by atoms with E-state index in [0.717, 1.165) is 0 Å². The van der Waals surface area contributed by atoms with Gasteiger partial charge >= 0.3 is 12.1 Å². The van der Waals surface area contributed by atoms with Gasteiger partial charge in [-0.2, -0.15) is 0 Å². The Kier molecular flexibility index (Phi) is 6.03. The smallest absolute Gasteiger partial charge is 0.408 e. The number of carbonyl (C=O) groups is 2. The average Bonchev–Trinajstić information content (AvgIpc) is 2.42. The van der Waals surface area contributed by atoms with Crippen molar-refractivity contribution < 1.29 is 23.8 Å². The van der Waals surface area contributed by atoms with E-state index in [9.17, 15) is 9.59 Å². The molecule has 0 aliphatic rings. The van der Waals surface area contributed by atoms with Crippen molar-refractivity contribution in [1.82, 2.24) is 5.32 Å². The zero-order valence-electron chi connectivity index (χ0n) is 13.2. The van der Waals surface area contributed by atoms with Gasteiger partial charge in [-0.15, -0.1) is 0 Å². The first-order chi connectivity index (χ1) is 10.2. The molecule has 1 rings (SSSR count). The number of anilines is 1. The van der Waals surface area contributed by atoms with Crippen molar-refractivity contribution in [2.75, 3.05) is 19.5 Å². The normalized spacial score (nSPS) is 12.2. The maximum atomic E-state index is 11.7. The number of rotatable bonds is 5. The van der Waals surface area contributed by atoms with Gasteiger partial charge in [0.15, 0.2) is 6.04 Å². The molecule has 0 saturated carbocycles. The van der Waals surface area contributed by atoms with Gasteiger partial charge in [0, 0.05) is 0 Å². The number of nitrogens with one attached hydrogen (secondary N) is 1. The molecule has 1 atom stereocenters. The molecule has 1 aromatic rings. The number of alkyl carbamates (subject to hydrolysis) is 1. The van der Waals surface area contributed by atoms with E-state index in [0.29, 0.717) is 11.4 Å². The number of esters is 1. The summed E-state index contributed by atoms with van der Waals surface area (Å²) in [6.45, 7) is 5.04. The van der Waals surface area contributed by atoms with Crippen molar-refractivity contribution in [3.8, 4) is 5.75 Å². The van der Waals surface area contributed by atoms with Crippen LogP contribution in [0.15, 0.2) is 24.3 Å². The van der Waals surface area contributed by atoms with Crippen molar-refractivity contribution in [2.45, 2.75) is 32.4 Å². The number of amides is 1. The third kappa shape index (κ3) is 5.90. The number of carbonyl (C=O) groups excluding carboxylic acids is 2. The molecule has 7 nitrogen and oxygen atoms in total. The molecule has 0 aromatic heterocycles. The topological polar surface area (TPSA) is 99.9 Å². The minimum absolute atomic E-state index is 0.125. The molecule has 122 valence electrons. The monoisotopic (exact) mass is 310 g/mol. The molecule has 1 unspecified atom stereocenters. The van der Waals surface area contributed by atoms with Crippen LogP contribution >= 0.6 is 0 Å². The molecule has 0 aliphatic heterocycles. The van der Waals surface area contributed by atoms with E-state index in [1.54, 1.807) is 45.0 Å². The Morgan fingerprint density at radius 1 is 1.27 bits per heavy atom. The van der Waals surface area contributed by atoms with Crippen molar-refractivity contribution >= 4 is 17.7 Å². The molecule has 7 heteroatoms. The highest BCUT2D eigenvalue weighted by molar-refractivity contribution is 5.81. The number of nitrogen functional groups attached to an aromatic ring is 1. The number of hydrogen-bond donors (Lipinski definition) is 2. The Hall–Kier alpha value is -2.44. The van der Waals surface area contributed by atoms with Crippen LogP contribution in [-0.2, 0) is 14.3 Å². The first-order valence-corrected chi connectivity index (χ1v) is 6.77. The lowest BCUT2D eigenvalue weighted by atomic mass is 10.2. The summed E-state index contributed by atoms with van der Waals surface area (Å²) >= 11 is 0. The van der Waals surface area contributed by atoms with Gasteiger partial charge in [0.1, 0.15) is 18.0 Å². The molecule has 0 aliphatic carbocycles. The Balaban J connectivity index is 2.67. The number of hydrogen-bond acceptors (Lipinski definition) is 6. The summed E-state index contributed by atoms with van der Waals surface area (Å²) in [6.07, 6.45) is -0.729. The highest BCUT2D eigenvalue weighted by Crippen LogP contribution is 2.19. The number of benzene rings is 1. The third-order valence-corrected chi connectivity index (χ3v) is 2.50. The van der Waals surface area contributed by atoms with E-state index in [4.69, 9.17) is 15.2 Å². The summed E-state index contributed by atoms with van der Waals surface area (Å²) in [5, 5.41) is 2.41. The fraction of sp³-hybridized carbons (Fsp3) is 0.467. The molecule has 0 saturated heterocycles. The Morgan fingerprint density at radius 2 is 1.91 bits per heavy atom. The van der Waals surface area contributed by atoms with Crippen LogP contribution in [-0.4, -0.2) is 37.4 Å². The fourth-order valence-electron chi connectivity index (χ4n) is 1.55. The number of para-hydroxylation sites is 2. The van der Waals surface area contributed by atoms with Crippen LogP contribution in [0.25, 0.3) is 0 Å². The van der Waals surface area contributed by atoms with Crippen LogP contribution in [0, 0.1) is 0 Å². The fourth-order valence-corrected chi connectivity index (χ4v) is 1.55. The maximum Gasteiger partial charge on any atom is 0.408 e. The van der Waals surface area contributed by atoms with Crippen molar-refractivity contribution in [3.05, 3.63) is 24.3 Å². The van der Waals surface area contributed by atoms with E-state index in [1.165, 1.54) is 7.11 Å². The standard InChI is InChI=1S/C15H22N2O5/c1-15(2,3)22-14(19)17-11(13(18)20-4)9-21-12-8-6-5-7-10(12)16/h5-8,11H,9,16H2,1-4H3,(H,17,19). The minimum atomic E-state index is -1.00. The van der Waals surface area contributed by atoms with E-state index in [-0.39, 0.29) is 6.61 Å². The first-order valence-electron chi connectivity index (χ1n) is 6.77. The zero-order valence-corrected chi connectivity index (χ0v) is 13.2. The molecular weight excluding hydrogens is 288 g/mol. The molecule has 1 aromatic carbocycles. The quantitative estimate of drug-likeness (QED) is 0.634. The molecular formula is C15H22N2O5. The number of nitrogens with two attached hydrogens (primary N) is 1.